The van der Waals surface area contributed by atoms with E-state index in [9.17, 15) is 13.6 Å². The summed E-state index contributed by atoms with van der Waals surface area (Å²) in [5.41, 5.74) is 11.6. The van der Waals surface area contributed by atoms with Crippen molar-refractivity contribution in [3.8, 4) is 11.3 Å². The van der Waals surface area contributed by atoms with Crippen LogP contribution in [0.1, 0.15) is 24.8 Å². The van der Waals surface area contributed by atoms with E-state index in [1.807, 2.05) is 0 Å². The monoisotopic (exact) mass is 323 g/mol. The van der Waals surface area contributed by atoms with Gasteiger partial charge in [-0.3, -0.25) is 4.98 Å². The summed E-state index contributed by atoms with van der Waals surface area (Å²) in [4.78, 5) is 15.1. The summed E-state index contributed by atoms with van der Waals surface area (Å²) in [5, 5.41) is 3.55. The number of carbonyl (C=O) groups excluding carboxylic acids is 1. The Labute approximate surface area is 130 Å². The van der Waals surface area contributed by atoms with Crippen molar-refractivity contribution >= 4 is 11.8 Å². The van der Waals surface area contributed by atoms with Crippen molar-refractivity contribution < 1.29 is 18.3 Å². The molecule has 0 saturated heterocycles. The molecular weight excluding hydrogens is 308 g/mol. The average Bonchev–Trinajstić information content (AvgIpc) is 2.88. The molecule has 2 aromatic heterocycles. The number of aromatic nitrogens is 3. The quantitative estimate of drug-likeness (QED) is 0.794. The van der Waals surface area contributed by atoms with Gasteiger partial charge in [-0.25, -0.2) is 9.48 Å². The number of halogens is 2. The van der Waals surface area contributed by atoms with Crippen LogP contribution in [0.5, 0.6) is 0 Å². The first-order chi connectivity index (χ1) is 10.9. The SMILES string of the molecule is C=CC[C@@H](OC(N)=O)c1cc(-c2c(N)cnn2C(F)F)ccn1. The summed E-state index contributed by atoms with van der Waals surface area (Å²) in [6.07, 6.45) is 2.59. The number of anilines is 1. The lowest BCUT2D eigenvalue weighted by molar-refractivity contribution is 0.0585. The molecule has 0 aliphatic rings. The molecule has 122 valence electrons. The van der Waals surface area contributed by atoms with Crippen LogP contribution in [0.4, 0.5) is 19.3 Å². The van der Waals surface area contributed by atoms with Gasteiger partial charge in [-0.15, -0.1) is 6.58 Å². The standard InChI is InChI=1S/C14H15F2N5O2/c1-2-3-11(23-14(18)22)10-6-8(4-5-19-10)12-9(17)7-20-21(12)13(15)16/h2,4-7,11,13H,1,3,17H2,(H2,18,22)/t11-/m1/s1. The second kappa shape index (κ2) is 6.86. The molecule has 0 unspecified atom stereocenters. The Morgan fingerprint density at radius 3 is 2.87 bits per heavy atom. The summed E-state index contributed by atoms with van der Waals surface area (Å²) in [6, 6.07) is 2.99. The topological polar surface area (TPSA) is 109 Å². The largest absolute Gasteiger partial charge is 0.440 e. The van der Waals surface area contributed by atoms with Gasteiger partial charge in [-0.2, -0.15) is 13.9 Å². The number of alkyl halides is 2. The van der Waals surface area contributed by atoms with E-state index in [2.05, 4.69) is 16.7 Å². The van der Waals surface area contributed by atoms with Crippen molar-refractivity contribution in [2.75, 3.05) is 5.73 Å². The van der Waals surface area contributed by atoms with Gasteiger partial charge >= 0.3 is 12.6 Å². The minimum Gasteiger partial charge on any atom is -0.440 e. The van der Waals surface area contributed by atoms with Crippen molar-refractivity contribution in [1.82, 2.24) is 14.8 Å². The second-order valence-corrected chi connectivity index (χ2v) is 4.59. The summed E-state index contributed by atoms with van der Waals surface area (Å²) < 4.78 is 31.5. The molecule has 9 heteroatoms. The molecule has 2 heterocycles. The molecule has 0 saturated carbocycles. The second-order valence-electron chi connectivity index (χ2n) is 4.59. The molecule has 7 nitrogen and oxygen atoms in total. The number of ether oxygens (including phenoxy) is 1. The zero-order valence-electron chi connectivity index (χ0n) is 12.0. The van der Waals surface area contributed by atoms with Gasteiger partial charge in [0.05, 0.1) is 23.3 Å². The number of nitrogens with zero attached hydrogens (tertiary/aromatic N) is 3. The van der Waals surface area contributed by atoms with E-state index in [4.69, 9.17) is 16.2 Å². The third kappa shape index (κ3) is 3.62. The molecule has 0 fully saturated rings. The van der Waals surface area contributed by atoms with E-state index in [-0.39, 0.29) is 17.8 Å². The number of carbonyl (C=O) groups is 1. The fourth-order valence-electron chi connectivity index (χ4n) is 2.11. The van der Waals surface area contributed by atoms with Crippen molar-refractivity contribution in [2.45, 2.75) is 19.1 Å². The number of hydrogen-bond donors (Lipinski definition) is 2. The number of pyridine rings is 1. The van der Waals surface area contributed by atoms with Crippen LogP contribution in [-0.2, 0) is 4.74 Å². The summed E-state index contributed by atoms with van der Waals surface area (Å²) in [5.74, 6) is 0. The molecule has 0 aliphatic carbocycles. The molecule has 1 amide bonds. The predicted molar refractivity (Wildman–Crippen MR) is 79.3 cm³/mol. The van der Waals surface area contributed by atoms with E-state index >= 15 is 0 Å². The zero-order valence-corrected chi connectivity index (χ0v) is 12.0. The third-order valence-electron chi connectivity index (χ3n) is 3.03. The van der Waals surface area contributed by atoms with E-state index in [1.165, 1.54) is 24.4 Å². The fraction of sp³-hybridized carbons (Fsp3) is 0.214. The van der Waals surface area contributed by atoms with Gasteiger partial charge in [0.15, 0.2) is 0 Å². The lowest BCUT2D eigenvalue weighted by atomic mass is 10.1. The van der Waals surface area contributed by atoms with Gasteiger partial charge < -0.3 is 16.2 Å². The molecule has 0 bridgehead atoms. The minimum atomic E-state index is -2.84. The Morgan fingerprint density at radius 1 is 1.52 bits per heavy atom. The number of hydrogen-bond acceptors (Lipinski definition) is 5. The van der Waals surface area contributed by atoms with Crippen molar-refractivity contribution in [1.29, 1.82) is 0 Å². The third-order valence-corrected chi connectivity index (χ3v) is 3.03. The van der Waals surface area contributed by atoms with Crippen molar-refractivity contribution in [3.05, 3.63) is 42.9 Å². The van der Waals surface area contributed by atoms with Crippen LogP contribution < -0.4 is 11.5 Å². The van der Waals surface area contributed by atoms with E-state index in [0.717, 1.165) is 6.20 Å². The predicted octanol–water partition coefficient (Wildman–Crippen LogP) is 2.63. The molecular formula is C14H15F2N5O2. The highest BCUT2D eigenvalue weighted by molar-refractivity contribution is 5.72. The molecule has 0 spiro atoms. The van der Waals surface area contributed by atoms with Crippen LogP contribution in [0.15, 0.2) is 37.2 Å². The van der Waals surface area contributed by atoms with Crippen LogP contribution in [0, 0.1) is 0 Å². The van der Waals surface area contributed by atoms with Gasteiger partial charge in [-0.1, -0.05) is 6.08 Å². The maximum Gasteiger partial charge on any atom is 0.405 e. The Kier molecular flexibility index (Phi) is 4.89. The van der Waals surface area contributed by atoms with E-state index < -0.39 is 18.7 Å². The number of primary amides is 1. The van der Waals surface area contributed by atoms with Gasteiger partial charge in [0.1, 0.15) is 6.10 Å². The number of amides is 1. The van der Waals surface area contributed by atoms with Crippen molar-refractivity contribution in [2.24, 2.45) is 5.73 Å². The van der Waals surface area contributed by atoms with Crippen LogP contribution in [0.2, 0.25) is 0 Å². The molecule has 2 rings (SSSR count). The van der Waals surface area contributed by atoms with Gasteiger partial charge in [-0.05, 0) is 12.1 Å². The van der Waals surface area contributed by atoms with Crippen LogP contribution >= 0.6 is 0 Å². The first-order valence-corrected chi connectivity index (χ1v) is 6.58. The van der Waals surface area contributed by atoms with Gasteiger partial charge in [0.2, 0.25) is 0 Å². The minimum absolute atomic E-state index is 0.0556. The van der Waals surface area contributed by atoms with E-state index in [0.29, 0.717) is 15.9 Å². The van der Waals surface area contributed by atoms with E-state index in [1.54, 1.807) is 0 Å². The molecule has 0 aliphatic heterocycles. The smallest absolute Gasteiger partial charge is 0.405 e. The highest BCUT2D eigenvalue weighted by Crippen LogP contribution is 2.31. The molecule has 1 atom stereocenters. The van der Waals surface area contributed by atoms with Gasteiger partial charge in [0, 0.05) is 18.2 Å². The lowest BCUT2D eigenvalue weighted by Crippen LogP contribution is -2.18. The summed E-state index contributed by atoms with van der Waals surface area (Å²) >= 11 is 0. The maximum atomic E-state index is 13.0. The molecule has 4 N–H and O–H groups in total. The number of nitrogen functional groups attached to an aromatic ring is 1. The Balaban J connectivity index is 2.45. The van der Waals surface area contributed by atoms with Crippen molar-refractivity contribution in [3.63, 3.8) is 0 Å². The van der Waals surface area contributed by atoms with Crippen LogP contribution in [0.3, 0.4) is 0 Å². The maximum absolute atomic E-state index is 13.0. The average molecular weight is 323 g/mol. The number of nitrogens with two attached hydrogens (primary N) is 2. The Morgan fingerprint density at radius 2 is 2.26 bits per heavy atom. The lowest BCUT2D eigenvalue weighted by Gasteiger charge is -2.15. The summed E-state index contributed by atoms with van der Waals surface area (Å²) in [6.45, 7) is 0.721. The Hall–Kier alpha value is -2.97. The molecule has 0 radical (unpaired) electrons. The highest BCUT2D eigenvalue weighted by atomic mass is 19.3. The van der Waals surface area contributed by atoms with Gasteiger partial charge in [0.25, 0.3) is 0 Å². The fourth-order valence-corrected chi connectivity index (χ4v) is 2.11. The normalized spacial score (nSPS) is 12.1. The highest BCUT2D eigenvalue weighted by Gasteiger charge is 2.20. The Bertz CT molecular complexity index is 717. The summed E-state index contributed by atoms with van der Waals surface area (Å²) in [7, 11) is 0. The van der Waals surface area contributed by atoms with Crippen LogP contribution in [-0.4, -0.2) is 20.9 Å². The molecule has 2 aromatic rings. The van der Waals surface area contributed by atoms with Crippen LogP contribution in [0.25, 0.3) is 11.3 Å². The number of rotatable bonds is 6. The first-order valence-electron chi connectivity index (χ1n) is 6.58. The molecule has 23 heavy (non-hydrogen) atoms. The molecule has 0 aromatic carbocycles. The zero-order chi connectivity index (χ0) is 17.0. The first kappa shape index (κ1) is 16.4.